The van der Waals surface area contributed by atoms with E-state index in [1.54, 1.807) is 0 Å². The molecule has 1 rings (SSSR count). The van der Waals surface area contributed by atoms with Crippen LogP contribution in [0.1, 0.15) is 25.0 Å². The van der Waals surface area contributed by atoms with Gasteiger partial charge in [0.05, 0.1) is 6.54 Å². The summed E-state index contributed by atoms with van der Waals surface area (Å²) in [5.74, 6) is 0.867. The van der Waals surface area contributed by atoms with E-state index < -0.39 is 0 Å². The van der Waals surface area contributed by atoms with Crippen molar-refractivity contribution in [1.82, 2.24) is 10.6 Å². The van der Waals surface area contributed by atoms with E-state index in [0.29, 0.717) is 13.2 Å². The molecule has 0 radical (unpaired) electrons. The summed E-state index contributed by atoms with van der Waals surface area (Å²) in [5, 5.41) is 5.49. The molecule has 4 heteroatoms. The van der Waals surface area contributed by atoms with Gasteiger partial charge < -0.3 is 15.4 Å². The summed E-state index contributed by atoms with van der Waals surface area (Å²) < 4.78 is 5.60. The van der Waals surface area contributed by atoms with Crippen LogP contribution in [0.4, 0.5) is 4.79 Å². The molecule has 0 heterocycles. The topological polar surface area (TPSA) is 50.4 Å². The fourth-order valence-electron chi connectivity index (χ4n) is 1.60. The maximum Gasteiger partial charge on any atom is 0.315 e. The van der Waals surface area contributed by atoms with Gasteiger partial charge in [0.25, 0.3) is 0 Å². The van der Waals surface area contributed by atoms with E-state index in [9.17, 15) is 4.79 Å². The van der Waals surface area contributed by atoms with Gasteiger partial charge in [0, 0.05) is 6.04 Å². The molecule has 100 valence electrons. The van der Waals surface area contributed by atoms with Gasteiger partial charge in [-0.25, -0.2) is 4.79 Å². The van der Waals surface area contributed by atoms with Crippen molar-refractivity contribution in [2.75, 3.05) is 13.2 Å². The lowest BCUT2D eigenvalue weighted by Gasteiger charge is -2.12. The molecule has 0 saturated heterocycles. The first-order chi connectivity index (χ1) is 8.49. The lowest BCUT2D eigenvalue weighted by atomic mass is 10.1. The van der Waals surface area contributed by atoms with Crippen LogP contribution in [0.2, 0.25) is 0 Å². The molecule has 0 unspecified atom stereocenters. The second kappa shape index (κ2) is 6.89. The summed E-state index contributed by atoms with van der Waals surface area (Å²) in [7, 11) is 0. The van der Waals surface area contributed by atoms with Crippen LogP contribution in [-0.4, -0.2) is 25.2 Å². The number of hydrogen-bond donors (Lipinski definition) is 2. The van der Waals surface area contributed by atoms with Crippen LogP contribution in [0.3, 0.4) is 0 Å². The van der Waals surface area contributed by atoms with Crippen molar-refractivity contribution in [2.45, 2.75) is 33.7 Å². The smallest absolute Gasteiger partial charge is 0.315 e. The average molecular weight is 250 g/mol. The highest BCUT2D eigenvalue weighted by molar-refractivity contribution is 5.74. The molecule has 0 fully saturated rings. The van der Waals surface area contributed by atoms with Crippen molar-refractivity contribution in [2.24, 2.45) is 0 Å². The Morgan fingerprint density at radius 3 is 2.67 bits per heavy atom. The Balaban J connectivity index is 2.27. The molecule has 0 aromatic heterocycles. The molecule has 2 N–H and O–H groups in total. The molecule has 4 nitrogen and oxygen atoms in total. The van der Waals surface area contributed by atoms with Gasteiger partial charge in [-0.15, -0.1) is 0 Å². The lowest BCUT2D eigenvalue weighted by molar-refractivity contribution is 0.234. The normalized spacial score (nSPS) is 10.3. The van der Waals surface area contributed by atoms with Crippen LogP contribution in [0, 0.1) is 13.8 Å². The van der Waals surface area contributed by atoms with Crippen LogP contribution in [0.5, 0.6) is 5.75 Å². The van der Waals surface area contributed by atoms with Gasteiger partial charge in [-0.05, 0) is 39.3 Å². The first-order valence-electron chi connectivity index (χ1n) is 6.23. The summed E-state index contributed by atoms with van der Waals surface area (Å²) in [6.45, 7) is 8.87. The predicted molar refractivity (Wildman–Crippen MR) is 73.1 cm³/mol. The number of carbonyl (C=O) groups excluding carboxylic acids is 1. The Hall–Kier alpha value is -1.71. The maximum absolute atomic E-state index is 11.3. The number of benzene rings is 1. The van der Waals surface area contributed by atoms with Crippen molar-refractivity contribution >= 4 is 6.03 Å². The van der Waals surface area contributed by atoms with Crippen molar-refractivity contribution in [3.63, 3.8) is 0 Å². The second-order valence-electron chi connectivity index (χ2n) is 4.67. The lowest BCUT2D eigenvalue weighted by Crippen LogP contribution is -2.41. The summed E-state index contributed by atoms with van der Waals surface area (Å²) >= 11 is 0. The molecule has 0 bridgehead atoms. The van der Waals surface area contributed by atoms with E-state index >= 15 is 0 Å². The van der Waals surface area contributed by atoms with Crippen LogP contribution < -0.4 is 15.4 Å². The second-order valence-corrected chi connectivity index (χ2v) is 4.67. The van der Waals surface area contributed by atoms with Crippen molar-refractivity contribution in [3.8, 4) is 5.75 Å². The number of amides is 2. The molecule has 0 aliphatic carbocycles. The molecule has 0 atom stereocenters. The summed E-state index contributed by atoms with van der Waals surface area (Å²) in [5.41, 5.74) is 2.33. The van der Waals surface area contributed by atoms with Gasteiger partial charge in [0.15, 0.2) is 0 Å². The first kappa shape index (κ1) is 14.4. The van der Waals surface area contributed by atoms with Crippen LogP contribution in [0.15, 0.2) is 18.2 Å². The third kappa shape index (κ3) is 5.08. The number of rotatable bonds is 5. The van der Waals surface area contributed by atoms with Gasteiger partial charge in [-0.2, -0.15) is 0 Å². The van der Waals surface area contributed by atoms with Crippen LogP contribution in [0.25, 0.3) is 0 Å². The van der Waals surface area contributed by atoms with Crippen molar-refractivity contribution in [3.05, 3.63) is 29.3 Å². The zero-order valence-electron chi connectivity index (χ0n) is 11.5. The Kier molecular flexibility index (Phi) is 5.49. The van der Waals surface area contributed by atoms with Gasteiger partial charge >= 0.3 is 6.03 Å². The molecule has 0 aliphatic rings. The third-order valence-electron chi connectivity index (χ3n) is 2.40. The highest BCUT2D eigenvalue weighted by atomic mass is 16.5. The molecule has 0 spiro atoms. The van der Waals surface area contributed by atoms with E-state index in [1.165, 1.54) is 5.56 Å². The zero-order chi connectivity index (χ0) is 13.5. The monoisotopic (exact) mass is 250 g/mol. The maximum atomic E-state index is 11.3. The van der Waals surface area contributed by atoms with E-state index in [-0.39, 0.29) is 12.1 Å². The number of aryl methyl sites for hydroxylation is 2. The van der Waals surface area contributed by atoms with E-state index in [1.807, 2.05) is 32.9 Å². The van der Waals surface area contributed by atoms with Crippen LogP contribution >= 0.6 is 0 Å². The zero-order valence-corrected chi connectivity index (χ0v) is 11.5. The minimum absolute atomic E-state index is 0.144. The van der Waals surface area contributed by atoms with Gasteiger partial charge in [0.2, 0.25) is 0 Å². The fraction of sp³-hybridized carbons (Fsp3) is 0.500. The number of nitrogens with one attached hydrogen (secondary N) is 2. The Morgan fingerprint density at radius 1 is 1.33 bits per heavy atom. The summed E-state index contributed by atoms with van der Waals surface area (Å²) in [4.78, 5) is 11.3. The van der Waals surface area contributed by atoms with E-state index in [2.05, 4.69) is 23.6 Å². The van der Waals surface area contributed by atoms with Gasteiger partial charge in [-0.3, -0.25) is 0 Å². The number of ether oxygens (including phenoxy) is 1. The van der Waals surface area contributed by atoms with Gasteiger partial charge in [0.1, 0.15) is 12.4 Å². The predicted octanol–water partition coefficient (Wildman–Crippen LogP) is 2.39. The quantitative estimate of drug-likeness (QED) is 0.788. The first-order valence-corrected chi connectivity index (χ1v) is 6.23. The van der Waals surface area contributed by atoms with E-state index in [4.69, 9.17) is 4.74 Å². The molecule has 0 aliphatic heterocycles. The third-order valence-corrected chi connectivity index (χ3v) is 2.40. The Morgan fingerprint density at radius 2 is 2.06 bits per heavy atom. The molecule has 18 heavy (non-hydrogen) atoms. The molecule has 2 amide bonds. The van der Waals surface area contributed by atoms with E-state index in [0.717, 1.165) is 11.3 Å². The average Bonchev–Trinajstić information content (AvgIpc) is 2.25. The van der Waals surface area contributed by atoms with Crippen molar-refractivity contribution < 1.29 is 9.53 Å². The Labute approximate surface area is 109 Å². The SMILES string of the molecule is Cc1ccc(OCCNC(=O)NC(C)C)c(C)c1. The number of carbonyl (C=O) groups is 1. The summed E-state index contributed by atoms with van der Waals surface area (Å²) in [6, 6.07) is 6.04. The highest BCUT2D eigenvalue weighted by Crippen LogP contribution is 2.18. The highest BCUT2D eigenvalue weighted by Gasteiger charge is 2.02. The Bertz CT molecular complexity index is 403. The molecule has 1 aromatic carbocycles. The minimum Gasteiger partial charge on any atom is -0.491 e. The number of hydrogen-bond acceptors (Lipinski definition) is 2. The summed E-state index contributed by atoms with van der Waals surface area (Å²) in [6.07, 6.45) is 0. The minimum atomic E-state index is -0.158. The standard InChI is InChI=1S/C14H22N2O2/c1-10(2)16-14(17)15-7-8-18-13-6-5-11(3)9-12(13)4/h5-6,9-10H,7-8H2,1-4H3,(H2,15,16,17). The largest absolute Gasteiger partial charge is 0.491 e. The van der Waals surface area contributed by atoms with Crippen molar-refractivity contribution in [1.29, 1.82) is 0 Å². The molecule has 1 aromatic rings. The number of urea groups is 1. The molecular weight excluding hydrogens is 228 g/mol. The fourth-order valence-corrected chi connectivity index (χ4v) is 1.60. The molecule has 0 saturated carbocycles. The van der Waals surface area contributed by atoms with Gasteiger partial charge in [-0.1, -0.05) is 17.7 Å². The molecular formula is C14H22N2O2. The van der Waals surface area contributed by atoms with Crippen LogP contribution in [-0.2, 0) is 0 Å².